The predicted octanol–water partition coefficient (Wildman–Crippen LogP) is 2.76. The zero-order valence-electron chi connectivity index (χ0n) is 18.1. The Morgan fingerprint density at radius 2 is 1.88 bits per heavy atom. The Morgan fingerprint density at radius 3 is 2.73 bits per heavy atom. The van der Waals surface area contributed by atoms with E-state index in [0.29, 0.717) is 24.3 Å². The number of hydrogen-bond donors (Lipinski definition) is 2. The second-order valence-electron chi connectivity index (χ2n) is 8.37. The van der Waals surface area contributed by atoms with Crippen LogP contribution in [0, 0.1) is 0 Å². The fraction of sp³-hybridized carbons (Fsp3) is 0.280. The van der Waals surface area contributed by atoms with Crippen molar-refractivity contribution in [3.05, 3.63) is 72.6 Å². The number of imide groups is 1. The summed E-state index contributed by atoms with van der Waals surface area (Å²) in [6.45, 7) is 0.649. The molecule has 2 N–H and O–H groups in total. The molecule has 2 unspecified atom stereocenters. The molecule has 4 amide bonds. The van der Waals surface area contributed by atoms with Crippen molar-refractivity contribution in [1.29, 1.82) is 0 Å². The summed E-state index contributed by atoms with van der Waals surface area (Å²) >= 11 is 0. The smallest absolute Gasteiger partial charge is 0.324 e. The van der Waals surface area contributed by atoms with E-state index in [9.17, 15) is 14.4 Å². The molecule has 33 heavy (non-hydrogen) atoms. The van der Waals surface area contributed by atoms with Gasteiger partial charge in [-0.2, -0.15) is 0 Å². The Morgan fingerprint density at radius 1 is 1.06 bits per heavy atom. The van der Waals surface area contributed by atoms with Crippen molar-refractivity contribution in [3.8, 4) is 0 Å². The summed E-state index contributed by atoms with van der Waals surface area (Å²) in [7, 11) is 0. The van der Waals surface area contributed by atoms with E-state index in [1.807, 2.05) is 48.5 Å². The molecule has 2 fully saturated rings. The van der Waals surface area contributed by atoms with E-state index in [-0.39, 0.29) is 30.9 Å². The number of benzene rings is 2. The van der Waals surface area contributed by atoms with Crippen molar-refractivity contribution in [1.82, 2.24) is 20.1 Å². The quantitative estimate of drug-likeness (QED) is 0.632. The number of pyridine rings is 1. The fourth-order valence-corrected chi connectivity index (χ4v) is 4.68. The van der Waals surface area contributed by atoms with Gasteiger partial charge < -0.3 is 15.5 Å². The molecule has 1 aromatic heterocycles. The van der Waals surface area contributed by atoms with Crippen LogP contribution in [0.25, 0.3) is 10.8 Å². The Labute approximate surface area is 191 Å². The van der Waals surface area contributed by atoms with Gasteiger partial charge in [0.1, 0.15) is 12.6 Å². The minimum Gasteiger partial charge on any atom is -0.324 e. The number of nitrogens with zero attached hydrogens (tertiary/aromatic N) is 3. The summed E-state index contributed by atoms with van der Waals surface area (Å²) in [5.41, 5.74) is 1.32. The SMILES string of the molecule is O=C(CN1C(=O)N(Cc2ccccn2)C(=O)C2NCCCC21)Nc1cccc2ccccc12. The van der Waals surface area contributed by atoms with Crippen molar-refractivity contribution in [2.75, 3.05) is 18.4 Å². The molecule has 0 spiro atoms. The molecule has 2 aliphatic rings. The first-order valence-corrected chi connectivity index (χ1v) is 11.1. The van der Waals surface area contributed by atoms with Gasteiger partial charge in [-0.1, -0.05) is 42.5 Å². The van der Waals surface area contributed by atoms with Gasteiger partial charge in [-0.15, -0.1) is 0 Å². The first-order chi connectivity index (χ1) is 16.1. The minimum atomic E-state index is -0.523. The average Bonchev–Trinajstić information content (AvgIpc) is 2.85. The first kappa shape index (κ1) is 21.1. The third-order valence-corrected chi connectivity index (χ3v) is 6.26. The number of rotatable bonds is 5. The number of fused-ring (bicyclic) bond motifs is 2. The number of amides is 4. The maximum absolute atomic E-state index is 13.4. The third kappa shape index (κ3) is 4.17. The molecule has 0 saturated carbocycles. The molecule has 0 radical (unpaired) electrons. The number of carbonyl (C=O) groups excluding carboxylic acids is 3. The summed E-state index contributed by atoms with van der Waals surface area (Å²) < 4.78 is 0. The van der Waals surface area contributed by atoms with Crippen molar-refractivity contribution in [3.63, 3.8) is 0 Å². The first-order valence-electron chi connectivity index (χ1n) is 11.1. The lowest BCUT2D eigenvalue weighted by atomic mass is 9.93. The van der Waals surface area contributed by atoms with Crippen LogP contribution in [0.3, 0.4) is 0 Å². The van der Waals surface area contributed by atoms with Gasteiger partial charge in [-0.3, -0.25) is 19.5 Å². The molecule has 2 saturated heterocycles. The van der Waals surface area contributed by atoms with E-state index in [4.69, 9.17) is 0 Å². The van der Waals surface area contributed by atoms with Gasteiger partial charge in [0.2, 0.25) is 11.8 Å². The summed E-state index contributed by atoms with van der Waals surface area (Å²) in [6, 6.07) is 17.6. The molecule has 0 aliphatic carbocycles. The zero-order chi connectivity index (χ0) is 22.8. The van der Waals surface area contributed by atoms with Crippen LogP contribution < -0.4 is 10.6 Å². The second-order valence-corrected chi connectivity index (χ2v) is 8.37. The highest BCUT2D eigenvalue weighted by Crippen LogP contribution is 2.27. The van der Waals surface area contributed by atoms with E-state index in [1.54, 1.807) is 18.3 Å². The van der Waals surface area contributed by atoms with Gasteiger partial charge >= 0.3 is 6.03 Å². The number of nitrogens with one attached hydrogen (secondary N) is 2. The van der Waals surface area contributed by atoms with Gasteiger partial charge in [-0.25, -0.2) is 4.79 Å². The van der Waals surface area contributed by atoms with E-state index in [2.05, 4.69) is 15.6 Å². The Hall–Kier alpha value is -3.78. The van der Waals surface area contributed by atoms with Crippen molar-refractivity contribution < 1.29 is 14.4 Å². The Bertz CT molecular complexity index is 1190. The number of carbonyl (C=O) groups is 3. The van der Waals surface area contributed by atoms with Gasteiger partial charge in [0, 0.05) is 17.3 Å². The molecule has 3 aromatic rings. The molecule has 168 valence electrons. The summed E-state index contributed by atoms with van der Waals surface area (Å²) in [5, 5.41) is 8.16. The maximum Gasteiger partial charge on any atom is 0.327 e. The maximum atomic E-state index is 13.4. The molecule has 8 nitrogen and oxygen atoms in total. The lowest BCUT2D eigenvalue weighted by molar-refractivity contribution is -0.138. The topological polar surface area (TPSA) is 94.6 Å². The second kappa shape index (κ2) is 8.99. The molecule has 2 aliphatic heterocycles. The number of piperidine rings is 1. The van der Waals surface area contributed by atoms with Gasteiger partial charge in [-0.05, 0) is 43.0 Å². The average molecular weight is 444 g/mol. The zero-order valence-corrected chi connectivity index (χ0v) is 18.1. The lowest BCUT2D eigenvalue weighted by Gasteiger charge is -2.46. The molecular weight excluding hydrogens is 418 g/mol. The normalized spacial score (nSPS) is 20.6. The number of anilines is 1. The van der Waals surface area contributed by atoms with E-state index in [0.717, 1.165) is 17.2 Å². The minimum absolute atomic E-state index is 0.0743. The molecule has 0 bridgehead atoms. The van der Waals surface area contributed by atoms with Crippen LogP contribution in [0.2, 0.25) is 0 Å². The molecule has 2 atom stereocenters. The van der Waals surface area contributed by atoms with Gasteiger partial charge in [0.05, 0.1) is 18.3 Å². The molecule has 2 aromatic carbocycles. The van der Waals surface area contributed by atoms with Crippen LogP contribution in [0.1, 0.15) is 18.5 Å². The van der Waals surface area contributed by atoms with E-state index in [1.165, 1.54) is 9.80 Å². The summed E-state index contributed by atoms with van der Waals surface area (Å²) in [5.74, 6) is -0.558. The summed E-state index contributed by atoms with van der Waals surface area (Å²) in [4.78, 5) is 46.6. The monoisotopic (exact) mass is 443 g/mol. The van der Waals surface area contributed by atoms with Crippen molar-refractivity contribution in [2.45, 2.75) is 31.5 Å². The third-order valence-electron chi connectivity index (χ3n) is 6.26. The fourth-order valence-electron chi connectivity index (χ4n) is 4.68. The number of hydrogen-bond acceptors (Lipinski definition) is 5. The number of aromatic nitrogens is 1. The van der Waals surface area contributed by atoms with Crippen LogP contribution in [0.5, 0.6) is 0 Å². The molecule has 5 rings (SSSR count). The molecule has 8 heteroatoms. The standard InChI is InChI=1S/C25H25N5O3/c31-22(28-20-11-5-8-17-7-1-2-10-19(17)20)16-29-21-12-6-14-27-23(21)24(32)30(25(29)33)15-18-9-3-4-13-26-18/h1-5,7-11,13,21,23,27H,6,12,14-16H2,(H,28,31). The molecule has 3 heterocycles. The molecular formula is C25H25N5O3. The van der Waals surface area contributed by atoms with E-state index >= 15 is 0 Å². The van der Waals surface area contributed by atoms with Crippen molar-refractivity contribution >= 4 is 34.3 Å². The van der Waals surface area contributed by atoms with Gasteiger partial charge in [0.15, 0.2) is 0 Å². The highest BCUT2D eigenvalue weighted by Gasteiger charge is 2.47. The summed E-state index contributed by atoms with van der Waals surface area (Å²) in [6.07, 6.45) is 3.14. The largest absolute Gasteiger partial charge is 0.327 e. The van der Waals surface area contributed by atoms with Crippen LogP contribution in [-0.2, 0) is 16.1 Å². The van der Waals surface area contributed by atoms with Gasteiger partial charge in [0.25, 0.3) is 0 Å². The van der Waals surface area contributed by atoms with E-state index < -0.39 is 12.1 Å². The Balaban J connectivity index is 1.38. The highest BCUT2D eigenvalue weighted by molar-refractivity contribution is 6.05. The highest BCUT2D eigenvalue weighted by atomic mass is 16.2. The van der Waals surface area contributed by atoms with Crippen molar-refractivity contribution in [2.24, 2.45) is 0 Å². The van der Waals surface area contributed by atoms with Crippen LogP contribution in [0.15, 0.2) is 66.9 Å². The number of urea groups is 1. The Kier molecular flexibility index (Phi) is 5.75. The van der Waals surface area contributed by atoms with Crippen LogP contribution >= 0.6 is 0 Å². The lowest BCUT2D eigenvalue weighted by Crippen LogP contribution is -2.70. The van der Waals surface area contributed by atoms with Crippen LogP contribution in [-0.4, -0.2) is 57.8 Å². The van der Waals surface area contributed by atoms with Crippen LogP contribution in [0.4, 0.5) is 10.5 Å². The predicted molar refractivity (Wildman–Crippen MR) is 124 cm³/mol.